The molecule has 0 bridgehead atoms. The van der Waals surface area contributed by atoms with E-state index in [2.05, 4.69) is 10.6 Å². The maximum Gasteiger partial charge on any atom is 0.325 e. The van der Waals surface area contributed by atoms with Gasteiger partial charge in [0.2, 0.25) is 5.91 Å². The zero-order valence-corrected chi connectivity index (χ0v) is 14.2. The summed E-state index contributed by atoms with van der Waals surface area (Å²) in [6.45, 7) is 1.86. The summed E-state index contributed by atoms with van der Waals surface area (Å²) < 4.78 is 10.8. The molecule has 0 saturated carbocycles. The number of ether oxygens (including phenoxy) is 2. The Morgan fingerprint density at radius 3 is 2.73 bits per heavy atom. The third-order valence-corrected chi connectivity index (χ3v) is 4.27. The van der Waals surface area contributed by atoms with E-state index in [-0.39, 0.29) is 6.54 Å². The third kappa shape index (κ3) is 4.63. The van der Waals surface area contributed by atoms with Crippen molar-refractivity contribution in [3.63, 3.8) is 0 Å². The quantitative estimate of drug-likeness (QED) is 0.727. The summed E-state index contributed by atoms with van der Waals surface area (Å²) in [5, 5.41) is 13.9. The molecule has 0 radical (unpaired) electrons. The second-order valence-corrected chi connectivity index (χ2v) is 6.27. The Morgan fingerprint density at radius 2 is 1.96 bits per heavy atom. The summed E-state index contributed by atoms with van der Waals surface area (Å²) in [6, 6.07) is 4.31. The summed E-state index contributed by atoms with van der Waals surface area (Å²) in [5.41, 5.74) is 0.475. The predicted octanol–water partition coefficient (Wildman–Crippen LogP) is 0.903. The SMILES string of the molecule is O=C(CN1CCCC(C(=O)O)C1)NC(=O)Nc1ccc2c(c1)OCCO2. The molecular formula is C17H21N3O6. The number of fused-ring (bicyclic) bond motifs is 1. The van der Waals surface area contributed by atoms with Crippen LogP contribution in [-0.4, -0.2) is 60.8 Å². The molecule has 1 atom stereocenters. The van der Waals surface area contributed by atoms with Crippen molar-refractivity contribution in [2.75, 3.05) is 38.2 Å². The highest BCUT2D eigenvalue weighted by Crippen LogP contribution is 2.32. The van der Waals surface area contributed by atoms with Gasteiger partial charge in [0.25, 0.3) is 0 Å². The first-order valence-corrected chi connectivity index (χ1v) is 8.47. The normalized spacial score (nSPS) is 19.5. The molecule has 1 aromatic rings. The van der Waals surface area contributed by atoms with Crippen molar-refractivity contribution >= 4 is 23.6 Å². The molecular weight excluding hydrogens is 342 g/mol. The number of rotatable bonds is 4. The summed E-state index contributed by atoms with van der Waals surface area (Å²) in [7, 11) is 0. The van der Waals surface area contributed by atoms with Crippen molar-refractivity contribution < 1.29 is 29.0 Å². The minimum absolute atomic E-state index is 0.0155. The van der Waals surface area contributed by atoms with E-state index in [1.165, 1.54) is 0 Å². The molecule has 0 spiro atoms. The van der Waals surface area contributed by atoms with E-state index in [0.29, 0.717) is 56.3 Å². The van der Waals surface area contributed by atoms with Gasteiger partial charge in [-0.05, 0) is 31.5 Å². The van der Waals surface area contributed by atoms with E-state index < -0.39 is 23.8 Å². The number of nitrogens with one attached hydrogen (secondary N) is 2. The molecule has 2 heterocycles. The predicted molar refractivity (Wildman–Crippen MR) is 91.4 cm³/mol. The van der Waals surface area contributed by atoms with Crippen molar-refractivity contribution in [3.05, 3.63) is 18.2 Å². The topological polar surface area (TPSA) is 117 Å². The number of amides is 3. The van der Waals surface area contributed by atoms with E-state index in [0.717, 1.165) is 0 Å². The zero-order valence-electron chi connectivity index (χ0n) is 14.2. The van der Waals surface area contributed by atoms with E-state index in [1.807, 2.05) is 0 Å². The van der Waals surface area contributed by atoms with Crippen LogP contribution in [0, 0.1) is 5.92 Å². The highest BCUT2D eigenvalue weighted by atomic mass is 16.6. The Bertz CT molecular complexity index is 708. The molecule has 9 heteroatoms. The Kier molecular flexibility index (Phi) is 5.57. The molecule has 3 amide bonds. The molecule has 1 fully saturated rings. The first-order valence-electron chi connectivity index (χ1n) is 8.47. The fourth-order valence-electron chi connectivity index (χ4n) is 3.05. The fourth-order valence-corrected chi connectivity index (χ4v) is 3.05. The van der Waals surface area contributed by atoms with Crippen LogP contribution in [0.5, 0.6) is 11.5 Å². The number of likely N-dealkylation sites (tertiary alicyclic amines) is 1. The van der Waals surface area contributed by atoms with Crippen LogP contribution in [0.25, 0.3) is 0 Å². The molecule has 2 aliphatic heterocycles. The molecule has 0 aliphatic carbocycles. The number of carboxylic acids is 1. The molecule has 1 saturated heterocycles. The van der Waals surface area contributed by atoms with Crippen molar-refractivity contribution in [2.24, 2.45) is 5.92 Å². The number of carbonyl (C=O) groups is 3. The van der Waals surface area contributed by atoms with Crippen molar-refractivity contribution in [1.82, 2.24) is 10.2 Å². The number of carboxylic acid groups (broad SMARTS) is 1. The molecule has 1 aromatic carbocycles. The summed E-state index contributed by atoms with van der Waals surface area (Å²) >= 11 is 0. The van der Waals surface area contributed by atoms with Crippen LogP contribution in [0.4, 0.5) is 10.5 Å². The minimum Gasteiger partial charge on any atom is -0.486 e. The molecule has 3 N–H and O–H groups in total. The van der Waals surface area contributed by atoms with Crippen LogP contribution in [0.3, 0.4) is 0 Å². The standard InChI is InChI=1S/C17H21N3O6/c21-15(10-20-5-1-2-11(9-20)16(22)23)19-17(24)18-12-3-4-13-14(8-12)26-7-6-25-13/h3-4,8,11H,1-2,5-7,9-10H2,(H,22,23)(H2,18,19,21,24). The van der Waals surface area contributed by atoms with Gasteiger partial charge >= 0.3 is 12.0 Å². The molecule has 0 aromatic heterocycles. The number of aliphatic carboxylic acids is 1. The number of benzene rings is 1. The van der Waals surface area contributed by atoms with Crippen LogP contribution >= 0.6 is 0 Å². The van der Waals surface area contributed by atoms with E-state index in [9.17, 15) is 14.4 Å². The van der Waals surface area contributed by atoms with Gasteiger partial charge in [0.05, 0.1) is 12.5 Å². The minimum atomic E-state index is -0.855. The molecule has 9 nitrogen and oxygen atoms in total. The molecule has 26 heavy (non-hydrogen) atoms. The van der Waals surface area contributed by atoms with Crippen LogP contribution < -0.4 is 20.1 Å². The van der Waals surface area contributed by atoms with Crippen molar-refractivity contribution in [2.45, 2.75) is 12.8 Å². The average molecular weight is 363 g/mol. The van der Waals surface area contributed by atoms with Gasteiger partial charge in [-0.1, -0.05) is 0 Å². The lowest BCUT2D eigenvalue weighted by atomic mass is 9.98. The van der Waals surface area contributed by atoms with E-state index >= 15 is 0 Å². The number of carbonyl (C=O) groups excluding carboxylic acids is 2. The zero-order chi connectivity index (χ0) is 18.5. The van der Waals surface area contributed by atoms with Crippen molar-refractivity contribution in [1.29, 1.82) is 0 Å². The Balaban J connectivity index is 1.48. The first kappa shape index (κ1) is 18.0. The highest BCUT2D eigenvalue weighted by molar-refractivity contribution is 6.01. The maximum atomic E-state index is 12.0. The largest absolute Gasteiger partial charge is 0.486 e. The lowest BCUT2D eigenvalue weighted by Crippen LogP contribution is -2.46. The summed E-state index contributed by atoms with van der Waals surface area (Å²) in [6.07, 6.45) is 1.33. The van der Waals surface area contributed by atoms with Gasteiger partial charge in [-0.2, -0.15) is 0 Å². The first-order chi connectivity index (χ1) is 12.5. The molecule has 140 valence electrons. The van der Waals surface area contributed by atoms with Crippen LogP contribution in [0.2, 0.25) is 0 Å². The summed E-state index contributed by atoms with van der Waals surface area (Å²) in [5.74, 6) is -0.662. The maximum absolute atomic E-state index is 12.0. The monoisotopic (exact) mass is 363 g/mol. The number of imide groups is 1. The van der Waals surface area contributed by atoms with Crippen LogP contribution in [-0.2, 0) is 9.59 Å². The molecule has 3 rings (SSSR count). The number of urea groups is 1. The van der Waals surface area contributed by atoms with Gasteiger partial charge in [0.1, 0.15) is 13.2 Å². The lowest BCUT2D eigenvalue weighted by molar-refractivity contribution is -0.144. The smallest absolute Gasteiger partial charge is 0.325 e. The third-order valence-electron chi connectivity index (χ3n) is 4.27. The highest BCUT2D eigenvalue weighted by Gasteiger charge is 2.26. The average Bonchev–Trinajstić information content (AvgIpc) is 2.61. The van der Waals surface area contributed by atoms with E-state index in [1.54, 1.807) is 23.1 Å². The van der Waals surface area contributed by atoms with Crippen LogP contribution in [0.15, 0.2) is 18.2 Å². The second kappa shape index (κ2) is 8.05. The number of anilines is 1. The second-order valence-electron chi connectivity index (χ2n) is 6.27. The van der Waals surface area contributed by atoms with Crippen molar-refractivity contribution in [3.8, 4) is 11.5 Å². The van der Waals surface area contributed by atoms with Gasteiger partial charge in [-0.3, -0.25) is 19.8 Å². The number of piperidine rings is 1. The Labute approximate surface area is 150 Å². The van der Waals surface area contributed by atoms with Gasteiger partial charge in [-0.15, -0.1) is 0 Å². The van der Waals surface area contributed by atoms with Gasteiger partial charge in [-0.25, -0.2) is 4.79 Å². The summed E-state index contributed by atoms with van der Waals surface area (Å²) in [4.78, 5) is 36.8. The fraction of sp³-hybridized carbons (Fsp3) is 0.471. The number of hydrogen-bond acceptors (Lipinski definition) is 6. The Morgan fingerprint density at radius 1 is 1.19 bits per heavy atom. The van der Waals surface area contributed by atoms with Gasteiger partial charge in [0, 0.05) is 18.3 Å². The van der Waals surface area contributed by atoms with E-state index in [4.69, 9.17) is 14.6 Å². The Hall–Kier alpha value is -2.81. The lowest BCUT2D eigenvalue weighted by Gasteiger charge is -2.29. The molecule has 1 unspecified atom stereocenters. The van der Waals surface area contributed by atoms with Gasteiger partial charge in [0.15, 0.2) is 11.5 Å². The van der Waals surface area contributed by atoms with Gasteiger partial charge < -0.3 is 19.9 Å². The molecule has 2 aliphatic rings. The number of hydrogen-bond donors (Lipinski definition) is 3. The number of nitrogens with zero attached hydrogens (tertiary/aromatic N) is 1. The van der Waals surface area contributed by atoms with Crippen LogP contribution in [0.1, 0.15) is 12.8 Å².